The zero-order chi connectivity index (χ0) is 16.0. The van der Waals surface area contributed by atoms with E-state index in [9.17, 15) is 0 Å². The number of aryl methyl sites for hydroxylation is 1. The SMILES string of the molecule is CC1=CN(N)C(c2ccoc2C)N1c1nccc2ccccc12. The zero-order valence-corrected chi connectivity index (χ0v) is 13.1. The summed E-state index contributed by atoms with van der Waals surface area (Å²) in [5, 5.41) is 3.96. The maximum absolute atomic E-state index is 6.25. The van der Waals surface area contributed by atoms with Crippen LogP contribution in [0.1, 0.15) is 24.4 Å². The molecule has 5 nitrogen and oxygen atoms in total. The van der Waals surface area contributed by atoms with Crippen LogP contribution in [0.3, 0.4) is 0 Å². The van der Waals surface area contributed by atoms with E-state index in [1.54, 1.807) is 11.3 Å². The number of furan rings is 1. The summed E-state index contributed by atoms with van der Waals surface area (Å²) in [6.45, 7) is 3.99. The average molecular weight is 306 g/mol. The molecule has 116 valence electrons. The Morgan fingerprint density at radius 3 is 2.74 bits per heavy atom. The molecular weight excluding hydrogens is 288 g/mol. The number of pyridine rings is 1. The van der Waals surface area contributed by atoms with Gasteiger partial charge in [-0.1, -0.05) is 24.3 Å². The molecule has 4 rings (SSSR count). The molecule has 2 N–H and O–H groups in total. The highest BCUT2D eigenvalue weighted by Crippen LogP contribution is 2.40. The molecule has 1 aliphatic heterocycles. The number of fused-ring (bicyclic) bond motifs is 1. The Labute approximate surface area is 134 Å². The van der Waals surface area contributed by atoms with E-state index in [0.29, 0.717) is 0 Å². The summed E-state index contributed by atoms with van der Waals surface area (Å²) in [4.78, 5) is 6.79. The number of aromatic nitrogens is 1. The van der Waals surface area contributed by atoms with Crippen LogP contribution in [0.15, 0.2) is 65.2 Å². The van der Waals surface area contributed by atoms with E-state index >= 15 is 0 Å². The number of hydrogen-bond donors (Lipinski definition) is 1. The first-order valence-corrected chi connectivity index (χ1v) is 7.55. The van der Waals surface area contributed by atoms with E-state index in [-0.39, 0.29) is 6.17 Å². The third-order valence-corrected chi connectivity index (χ3v) is 4.30. The molecule has 3 heterocycles. The van der Waals surface area contributed by atoms with Gasteiger partial charge in [0.05, 0.1) is 6.26 Å². The Bertz CT molecular complexity index is 893. The van der Waals surface area contributed by atoms with E-state index in [0.717, 1.165) is 33.6 Å². The van der Waals surface area contributed by atoms with Gasteiger partial charge in [-0.2, -0.15) is 0 Å². The van der Waals surface area contributed by atoms with Crippen LogP contribution in [0.25, 0.3) is 10.8 Å². The highest BCUT2D eigenvalue weighted by atomic mass is 16.3. The van der Waals surface area contributed by atoms with Gasteiger partial charge in [0.25, 0.3) is 0 Å². The molecule has 0 spiro atoms. The number of hydrazine groups is 1. The molecular formula is C18H18N4O. The predicted molar refractivity (Wildman–Crippen MR) is 90.2 cm³/mol. The van der Waals surface area contributed by atoms with Crippen LogP contribution in [0.5, 0.6) is 0 Å². The van der Waals surface area contributed by atoms with Crippen LogP contribution in [0.2, 0.25) is 0 Å². The zero-order valence-electron chi connectivity index (χ0n) is 13.1. The smallest absolute Gasteiger partial charge is 0.150 e. The summed E-state index contributed by atoms with van der Waals surface area (Å²) >= 11 is 0. The lowest BCUT2D eigenvalue weighted by atomic mass is 10.1. The quantitative estimate of drug-likeness (QED) is 0.732. The molecule has 0 radical (unpaired) electrons. The molecule has 0 amide bonds. The predicted octanol–water partition coefficient (Wildman–Crippen LogP) is 3.69. The lowest BCUT2D eigenvalue weighted by Crippen LogP contribution is -2.36. The molecule has 3 aromatic rings. The molecule has 5 heteroatoms. The van der Waals surface area contributed by atoms with Gasteiger partial charge in [-0.15, -0.1) is 0 Å². The van der Waals surface area contributed by atoms with Gasteiger partial charge >= 0.3 is 0 Å². The van der Waals surface area contributed by atoms with Crippen molar-refractivity contribution in [3.8, 4) is 0 Å². The molecule has 1 aromatic carbocycles. The molecule has 23 heavy (non-hydrogen) atoms. The fourth-order valence-corrected chi connectivity index (χ4v) is 3.22. The molecule has 0 saturated carbocycles. The summed E-state index contributed by atoms with van der Waals surface area (Å²) in [7, 11) is 0. The third-order valence-electron chi connectivity index (χ3n) is 4.30. The maximum atomic E-state index is 6.25. The van der Waals surface area contributed by atoms with Crippen LogP contribution in [0, 0.1) is 6.92 Å². The summed E-state index contributed by atoms with van der Waals surface area (Å²) in [5.41, 5.74) is 2.08. The van der Waals surface area contributed by atoms with E-state index in [2.05, 4.69) is 22.0 Å². The number of nitrogens with two attached hydrogens (primary N) is 1. The van der Waals surface area contributed by atoms with Crippen molar-refractivity contribution < 1.29 is 4.42 Å². The number of rotatable bonds is 2. The normalized spacial score (nSPS) is 17.9. The molecule has 1 aliphatic rings. The highest BCUT2D eigenvalue weighted by molar-refractivity contribution is 5.93. The number of anilines is 1. The standard InChI is InChI=1S/C18H18N4O/c1-12-11-21(19)18(15-8-10-23-13(15)2)22(12)17-16-6-4-3-5-14(16)7-9-20-17/h3-11,18H,19H2,1-2H3. The van der Waals surface area contributed by atoms with Crippen molar-refractivity contribution in [3.05, 3.63) is 72.1 Å². The van der Waals surface area contributed by atoms with Crippen molar-refractivity contribution in [1.29, 1.82) is 0 Å². The van der Waals surface area contributed by atoms with Gasteiger partial charge in [0.15, 0.2) is 6.17 Å². The molecule has 0 saturated heterocycles. The Morgan fingerprint density at radius 2 is 1.96 bits per heavy atom. The second-order valence-electron chi connectivity index (χ2n) is 5.75. The van der Waals surface area contributed by atoms with E-state index < -0.39 is 0 Å². The summed E-state index contributed by atoms with van der Waals surface area (Å²) in [6, 6.07) is 12.2. The Hall–Kier alpha value is -2.79. The lowest BCUT2D eigenvalue weighted by Gasteiger charge is -2.31. The van der Waals surface area contributed by atoms with Gasteiger partial charge in [-0.25, -0.2) is 10.8 Å². The molecule has 0 bridgehead atoms. The van der Waals surface area contributed by atoms with Gasteiger partial charge < -0.3 is 9.32 Å². The van der Waals surface area contributed by atoms with Crippen molar-refractivity contribution in [3.63, 3.8) is 0 Å². The molecule has 0 fully saturated rings. The first kappa shape index (κ1) is 13.8. The minimum Gasteiger partial charge on any atom is -0.469 e. The largest absolute Gasteiger partial charge is 0.469 e. The van der Waals surface area contributed by atoms with Gasteiger partial charge in [0, 0.05) is 29.0 Å². The molecule has 1 atom stereocenters. The van der Waals surface area contributed by atoms with Crippen molar-refractivity contribution in [2.45, 2.75) is 20.0 Å². The molecule has 1 unspecified atom stereocenters. The van der Waals surface area contributed by atoms with Crippen LogP contribution in [0.4, 0.5) is 5.82 Å². The van der Waals surface area contributed by atoms with Crippen LogP contribution in [-0.4, -0.2) is 9.99 Å². The number of hydrogen-bond acceptors (Lipinski definition) is 5. The topological polar surface area (TPSA) is 58.5 Å². The van der Waals surface area contributed by atoms with Crippen LogP contribution >= 0.6 is 0 Å². The molecule has 0 aliphatic carbocycles. The van der Waals surface area contributed by atoms with Crippen LogP contribution < -0.4 is 10.7 Å². The van der Waals surface area contributed by atoms with Gasteiger partial charge in [0.1, 0.15) is 11.6 Å². The summed E-state index contributed by atoms with van der Waals surface area (Å²) in [5.74, 6) is 8.01. The number of nitrogens with zero attached hydrogens (tertiary/aromatic N) is 3. The Kier molecular flexibility index (Phi) is 3.09. The Morgan fingerprint density at radius 1 is 1.13 bits per heavy atom. The second kappa shape index (κ2) is 5.14. The number of allylic oxidation sites excluding steroid dienone is 1. The first-order chi connectivity index (χ1) is 11.2. The van der Waals surface area contributed by atoms with Crippen molar-refractivity contribution in [1.82, 2.24) is 9.99 Å². The second-order valence-corrected chi connectivity index (χ2v) is 5.75. The minimum atomic E-state index is -0.160. The fourth-order valence-electron chi connectivity index (χ4n) is 3.22. The lowest BCUT2D eigenvalue weighted by molar-refractivity contribution is 0.312. The first-order valence-electron chi connectivity index (χ1n) is 7.55. The van der Waals surface area contributed by atoms with Crippen molar-refractivity contribution in [2.24, 2.45) is 5.84 Å². The van der Waals surface area contributed by atoms with E-state index in [1.165, 1.54) is 0 Å². The Balaban J connectivity index is 1.91. The van der Waals surface area contributed by atoms with Crippen molar-refractivity contribution >= 4 is 16.6 Å². The average Bonchev–Trinajstić information content (AvgIpc) is 3.09. The fraction of sp³-hybridized carbons (Fsp3) is 0.167. The third kappa shape index (κ3) is 2.09. The monoisotopic (exact) mass is 306 g/mol. The maximum Gasteiger partial charge on any atom is 0.150 e. The van der Waals surface area contributed by atoms with Gasteiger partial charge in [-0.05, 0) is 31.4 Å². The van der Waals surface area contributed by atoms with Crippen LogP contribution in [-0.2, 0) is 0 Å². The summed E-state index contributed by atoms with van der Waals surface area (Å²) in [6.07, 6.45) is 5.30. The van der Waals surface area contributed by atoms with Gasteiger partial charge in [0.2, 0.25) is 0 Å². The minimum absolute atomic E-state index is 0.160. The van der Waals surface area contributed by atoms with Gasteiger partial charge in [-0.3, -0.25) is 5.01 Å². The number of benzene rings is 1. The summed E-state index contributed by atoms with van der Waals surface area (Å²) < 4.78 is 5.48. The molecule has 2 aromatic heterocycles. The van der Waals surface area contributed by atoms with E-state index in [1.807, 2.05) is 50.5 Å². The van der Waals surface area contributed by atoms with E-state index in [4.69, 9.17) is 10.3 Å². The van der Waals surface area contributed by atoms with Crippen molar-refractivity contribution in [2.75, 3.05) is 4.90 Å². The highest BCUT2D eigenvalue weighted by Gasteiger charge is 2.34.